The largest absolute Gasteiger partial charge is 0.312 e. The average Bonchev–Trinajstić information content (AvgIpc) is 2.32. The highest BCUT2D eigenvalue weighted by atomic mass is 35.5. The van der Waals surface area contributed by atoms with E-state index in [4.69, 9.17) is 23.2 Å². The summed E-state index contributed by atoms with van der Waals surface area (Å²) in [6.07, 6.45) is 5.30. The molecule has 0 bridgehead atoms. The highest BCUT2D eigenvalue weighted by Crippen LogP contribution is 2.47. The third-order valence-corrected chi connectivity index (χ3v) is 5.93. The summed E-state index contributed by atoms with van der Waals surface area (Å²) < 4.78 is 11.1. The van der Waals surface area contributed by atoms with E-state index >= 15 is 0 Å². The van der Waals surface area contributed by atoms with E-state index in [1.165, 1.54) is 12.0 Å². The van der Waals surface area contributed by atoms with Crippen LogP contribution in [0.3, 0.4) is 0 Å². The molecular formula is C15H22Cl3NOS. The van der Waals surface area contributed by atoms with Gasteiger partial charge in [-0.05, 0) is 37.5 Å². The van der Waals surface area contributed by atoms with Crippen LogP contribution in [-0.4, -0.2) is 28.8 Å². The van der Waals surface area contributed by atoms with Crippen LogP contribution in [0.2, 0.25) is 10.0 Å². The number of benzene rings is 1. The molecular weight excluding hydrogens is 349 g/mol. The summed E-state index contributed by atoms with van der Waals surface area (Å²) in [5.74, 6) is 0.696. The third kappa shape index (κ3) is 4.35. The lowest BCUT2D eigenvalue weighted by atomic mass is 9.60. The Bertz CT molecular complexity index is 506. The summed E-state index contributed by atoms with van der Waals surface area (Å²) >= 11 is 12.2. The number of hydrogen-bond donors (Lipinski definition) is 1. The van der Waals surface area contributed by atoms with E-state index in [1.807, 2.05) is 12.1 Å². The summed E-state index contributed by atoms with van der Waals surface area (Å²) in [6, 6.07) is 6.31. The topological polar surface area (TPSA) is 29.1 Å². The first-order chi connectivity index (χ1) is 9.45. The second kappa shape index (κ2) is 8.16. The maximum absolute atomic E-state index is 11.1. The quantitative estimate of drug-likeness (QED) is 0.813. The lowest BCUT2D eigenvalue weighted by Crippen LogP contribution is -2.51. The molecule has 0 aromatic heterocycles. The van der Waals surface area contributed by atoms with Crippen molar-refractivity contribution in [3.8, 4) is 0 Å². The molecule has 0 saturated heterocycles. The number of rotatable bonds is 6. The predicted molar refractivity (Wildman–Crippen MR) is 95.6 cm³/mol. The Labute approximate surface area is 145 Å². The summed E-state index contributed by atoms with van der Waals surface area (Å²) in [5.41, 5.74) is 1.40. The van der Waals surface area contributed by atoms with Gasteiger partial charge >= 0.3 is 0 Å². The van der Waals surface area contributed by atoms with E-state index in [2.05, 4.69) is 18.3 Å². The van der Waals surface area contributed by atoms with Gasteiger partial charge in [0.25, 0.3) is 0 Å². The van der Waals surface area contributed by atoms with E-state index in [-0.39, 0.29) is 17.8 Å². The molecule has 1 N–H and O–H groups in total. The van der Waals surface area contributed by atoms with Gasteiger partial charge in [0.2, 0.25) is 0 Å². The summed E-state index contributed by atoms with van der Waals surface area (Å²) in [4.78, 5) is 0. The molecule has 1 aliphatic rings. The Morgan fingerprint density at radius 1 is 1.33 bits per heavy atom. The SMILES string of the molecule is CC(NCCS(C)=O)C1(c2ccc(Cl)c(Cl)c2)CCC1.Cl. The van der Waals surface area contributed by atoms with Gasteiger partial charge in [0.1, 0.15) is 0 Å². The van der Waals surface area contributed by atoms with Gasteiger partial charge in [-0.1, -0.05) is 35.7 Å². The second-order valence-electron chi connectivity index (χ2n) is 5.59. The highest BCUT2D eigenvalue weighted by Gasteiger charge is 2.43. The zero-order chi connectivity index (χ0) is 14.8. The van der Waals surface area contributed by atoms with Crippen molar-refractivity contribution in [3.63, 3.8) is 0 Å². The van der Waals surface area contributed by atoms with Crippen LogP contribution in [0, 0.1) is 0 Å². The molecule has 1 aromatic rings. The van der Waals surface area contributed by atoms with Crippen LogP contribution in [0.25, 0.3) is 0 Å². The van der Waals surface area contributed by atoms with Crippen molar-refractivity contribution >= 4 is 46.4 Å². The van der Waals surface area contributed by atoms with Gasteiger partial charge in [0.15, 0.2) is 0 Å². The van der Waals surface area contributed by atoms with E-state index in [9.17, 15) is 4.21 Å². The summed E-state index contributed by atoms with van der Waals surface area (Å²) in [5, 5.41) is 4.75. The van der Waals surface area contributed by atoms with E-state index in [1.54, 1.807) is 6.26 Å². The zero-order valence-electron chi connectivity index (χ0n) is 12.3. The zero-order valence-corrected chi connectivity index (χ0v) is 15.5. The van der Waals surface area contributed by atoms with Gasteiger partial charge < -0.3 is 5.32 Å². The molecule has 1 saturated carbocycles. The van der Waals surface area contributed by atoms with Gasteiger partial charge in [-0.3, -0.25) is 4.21 Å². The van der Waals surface area contributed by atoms with Gasteiger partial charge in [-0.2, -0.15) is 0 Å². The first-order valence-corrected chi connectivity index (χ1v) is 9.43. The van der Waals surface area contributed by atoms with Crippen molar-refractivity contribution in [1.82, 2.24) is 5.32 Å². The molecule has 0 spiro atoms. The Morgan fingerprint density at radius 3 is 2.48 bits per heavy atom. The molecule has 0 radical (unpaired) electrons. The molecule has 0 amide bonds. The van der Waals surface area contributed by atoms with Crippen LogP contribution < -0.4 is 5.32 Å². The van der Waals surface area contributed by atoms with Crippen molar-refractivity contribution in [2.45, 2.75) is 37.6 Å². The molecule has 1 aliphatic carbocycles. The monoisotopic (exact) mass is 369 g/mol. The minimum absolute atomic E-state index is 0. The lowest BCUT2D eigenvalue weighted by Gasteiger charge is -2.47. The van der Waals surface area contributed by atoms with Crippen molar-refractivity contribution in [1.29, 1.82) is 0 Å². The van der Waals surface area contributed by atoms with Crippen LogP contribution in [0.1, 0.15) is 31.7 Å². The summed E-state index contributed by atoms with van der Waals surface area (Å²) in [6.45, 7) is 2.99. The second-order valence-corrected chi connectivity index (χ2v) is 7.96. The molecule has 1 fully saturated rings. The normalized spacial score (nSPS) is 19.2. The number of hydrogen-bond acceptors (Lipinski definition) is 2. The molecule has 21 heavy (non-hydrogen) atoms. The molecule has 2 atom stereocenters. The standard InChI is InChI=1S/C15H21Cl2NOS.ClH/c1-11(18-8-9-20(2)19)15(6-3-7-15)12-4-5-13(16)14(17)10-12;/h4-5,10-11,18H,3,6-9H2,1-2H3;1H. The minimum Gasteiger partial charge on any atom is -0.312 e. The van der Waals surface area contributed by atoms with Gasteiger partial charge in [-0.15, -0.1) is 12.4 Å². The fourth-order valence-electron chi connectivity index (χ4n) is 2.95. The smallest absolute Gasteiger partial charge is 0.0595 e. The van der Waals surface area contributed by atoms with Gasteiger partial charge in [0, 0.05) is 40.8 Å². The predicted octanol–water partition coefficient (Wildman–Crippen LogP) is 4.19. The molecule has 120 valence electrons. The molecule has 0 aliphatic heterocycles. The lowest BCUT2D eigenvalue weighted by molar-refractivity contribution is 0.181. The Balaban J connectivity index is 0.00000220. The average molecular weight is 371 g/mol. The summed E-state index contributed by atoms with van der Waals surface area (Å²) in [7, 11) is -0.745. The number of halogens is 3. The van der Waals surface area contributed by atoms with Crippen LogP contribution in [0.4, 0.5) is 0 Å². The van der Waals surface area contributed by atoms with Crippen LogP contribution in [0.5, 0.6) is 0 Å². The van der Waals surface area contributed by atoms with Crippen LogP contribution >= 0.6 is 35.6 Å². The van der Waals surface area contributed by atoms with Crippen LogP contribution in [-0.2, 0) is 16.2 Å². The highest BCUT2D eigenvalue weighted by molar-refractivity contribution is 7.84. The van der Waals surface area contributed by atoms with Gasteiger partial charge in [0.05, 0.1) is 10.0 Å². The van der Waals surface area contributed by atoms with E-state index in [0.717, 1.165) is 19.4 Å². The maximum atomic E-state index is 11.1. The Kier molecular flexibility index (Phi) is 7.48. The van der Waals surface area contributed by atoms with E-state index in [0.29, 0.717) is 21.8 Å². The first kappa shape index (κ1) is 19.2. The van der Waals surface area contributed by atoms with Gasteiger partial charge in [-0.25, -0.2) is 0 Å². The molecule has 1 aromatic carbocycles. The van der Waals surface area contributed by atoms with Crippen LogP contribution in [0.15, 0.2) is 18.2 Å². The van der Waals surface area contributed by atoms with Crippen molar-refractivity contribution in [2.75, 3.05) is 18.6 Å². The first-order valence-electron chi connectivity index (χ1n) is 6.94. The molecule has 6 heteroatoms. The fraction of sp³-hybridized carbons (Fsp3) is 0.600. The minimum atomic E-state index is -0.745. The number of nitrogens with one attached hydrogen (secondary N) is 1. The van der Waals surface area contributed by atoms with Crippen molar-refractivity contribution in [2.24, 2.45) is 0 Å². The maximum Gasteiger partial charge on any atom is 0.0595 e. The molecule has 2 unspecified atom stereocenters. The van der Waals surface area contributed by atoms with E-state index < -0.39 is 10.8 Å². The molecule has 2 rings (SSSR count). The van der Waals surface area contributed by atoms with Crippen molar-refractivity contribution < 1.29 is 4.21 Å². The Hall–Kier alpha value is 0.200. The fourth-order valence-corrected chi connectivity index (χ4v) is 3.65. The molecule has 0 heterocycles. The third-order valence-electron chi connectivity index (χ3n) is 4.41. The van der Waals surface area contributed by atoms with Crippen molar-refractivity contribution in [3.05, 3.63) is 33.8 Å². The molecule has 2 nitrogen and oxygen atoms in total. The Morgan fingerprint density at radius 2 is 2.00 bits per heavy atom.